The van der Waals surface area contributed by atoms with Gasteiger partial charge in [0.05, 0.1) is 11.0 Å². The van der Waals surface area contributed by atoms with Crippen molar-refractivity contribution in [3.8, 4) is 11.1 Å². The van der Waals surface area contributed by atoms with Gasteiger partial charge in [-0.1, -0.05) is 99.0 Å². The summed E-state index contributed by atoms with van der Waals surface area (Å²) in [5.41, 5.74) is 10.9. The first-order chi connectivity index (χ1) is 18.0. The van der Waals surface area contributed by atoms with Crippen LogP contribution in [0, 0.1) is 5.92 Å². The molecule has 0 fully saturated rings. The number of nitrogens with zero attached hydrogens (tertiary/aromatic N) is 1. The maximum absolute atomic E-state index is 4.38. The van der Waals surface area contributed by atoms with Crippen LogP contribution in [0.15, 0.2) is 128 Å². The van der Waals surface area contributed by atoms with Crippen LogP contribution in [0.25, 0.3) is 38.6 Å². The number of benzene rings is 3. The van der Waals surface area contributed by atoms with Crippen LogP contribution in [0.4, 0.5) is 0 Å². The van der Waals surface area contributed by atoms with Crippen molar-refractivity contribution in [1.82, 2.24) is 4.57 Å². The lowest BCUT2D eigenvalue weighted by atomic mass is 10.0. The second-order valence-electron chi connectivity index (χ2n) is 10.0. The van der Waals surface area contributed by atoms with Gasteiger partial charge in [0.2, 0.25) is 0 Å². The van der Waals surface area contributed by atoms with Crippen LogP contribution in [-0.2, 0) is 6.42 Å². The molecule has 0 spiro atoms. The van der Waals surface area contributed by atoms with Crippen LogP contribution >= 0.6 is 0 Å². The fourth-order valence-corrected chi connectivity index (χ4v) is 5.45. The summed E-state index contributed by atoms with van der Waals surface area (Å²) < 4.78 is 2.44. The van der Waals surface area contributed by atoms with Gasteiger partial charge in [-0.15, -0.1) is 6.58 Å². The third kappa shape index (κ3) is 4.58. The molecule has 1 aromatic heterocycles. The van der Waals surface area contributed by atoms with Crippen molar-refractivity contribution < 1.29 is 0 Å². The van der Waals surface area contributed by atoms with Crippen LogP contribution in [0.5, 0.6) is 0 Å². The van der Waals surface area contributed by atoms with E-state index in [4.69, 9.17) is 0 Å². The molecule has 184 valence electrons. The molecule has 0 aliphatic heterocycles. The van der Waals surface area contributed by atoms with E-state index < -0.39 is 0 Å². The van der Waals surface area contributed by atoms with Gasteiger partial charge >= 0.3 is 0 Å². The molecule has 1 aliphatic carbocycles. The van der Waals surface area contributed by atoms with Crippen molar-refractivity contribution in [3.63, 3.8) is 0 Å². The van der Waals surface area contributed by atoms with Crippen LogP contribution < -0.4 is 0 Å². The van der Waals surface area contributed by atoms with Gasteiger partial charge in [0, 0.05) is 22.0 Å². The largest absolute Gasteiger partial charge is 0.309 e. The number of hydrogen-bond donors (Lipinski definition) is 0. The van der Waals surface area contributed by atoms with E-state index in [9.17, 15) is 0 Å². The van der Waals surface area contributed by atoms with Crippen LogP contribution in [-0.4, -0.2) is 4.57 Å². The predicted molar refractivity (Wildman–Crippen MR) is 163 cm³/mol. The Kier molecular flexibility index (Phi) is 6.97. The Morgan fingerprint density at radius 2 is 1.70 bits per heavy atom. The molecule has 1 unspecified atom stereocenters. The summed E-state index contributed by atoms with van der Waals surface area (Å²) in [6.45, 7) is 16.8. The molecule has 1 heteroatoms. The Morgan fingerprint density at radius 1 is 0.919 bits per heavy atom. The summed E-state index contributed by atoms with van der Waals surface area (Å²) in [5.74, 6) is 0.438. The van der Waals surface area contributed by atoms with Crippen molar-refractivity contribution in [3.05, 3.63) is 139 Å². The minimum absolute atomic E-state index is 0.438. The summed E-state index contributed by atoms with van der Waals surface area (Å²) in [7, 11) is 0. The van der Waals surface area contributed by atoms with E-state index in [-0.39, 0.29) is 0 Å². The molecule has 0 bridgehead atoms. The number of rotatable bonds is 9. The average Bonchev–Trinajstić information content (AvgIpc) is 3.45. The molecule has 4 aromatic rings. The highest BCUT2D eigenvalue weighted by Gasteiger charge is 2.25. The molecular formula is C36H35N. The van der Waals surface area contributed by atoms with E-state index >= 15 is 0 Å². The third-order valence-corrected chi connectivity index (χ3v) is 7.37. The van der Waals surface area contributed by atoms with Crippen molar-refractivity contribution in [2.75, 3.05) is 0 Å². The Bertz CT molecular complexity index is 1620. The standard InChI is InChI=1S/C36H35N/c1-6-8-14-25(3)19-21-30(23-27(5)26(4)13-7-2)37-34-18-12-11-17-32(34)33-22-20-29-24-28-15-9-10-16-31(28)35(29)36(33)37/h6-7,9-13,15-23,25H,1,4-5,8,14,24H2,2-3H3/b13-7-,21-19-,30-23+. The highest BCUT2D eigenvalue weighted by atomic mass is 15.0. The number of fused-ring (bicyclic) bond motifs is 7. The van der Waals surface area contributed by atoms with Crippen molar-refractivity contribution in [2.45, 2.75) is 33.1 Å². The Morgan fingerprint density at radius 3 is 2.51 bits per heavy atom. The second kappa shape index (κ2) is 10.5. The molecule has 0 amide bonds. The maximum Gasteiger partial charge on any atom is 0.0622 e. The zero-order valence-electron chi connectivity index (χ0n) is 22.0. The number of hydrogen-bond acceptors (Lipinski definition) is 0. The molecule has 0 saturated heterocycles. The lowest BCUT2D eigenvalue weighted by molar-refractivity contribution is 0.658. The summed E-state index contributed by atoms with van der Waals surface area (Å²) in [6, 6.07) is 22.2. The van der Waals surface area contributed by atoms with Crippen molar-refractivity contribution in [1.29, 1.82) is 0 Å². The van der Waals surface area contributed by atoms with E-state index in [1.165, 1.54) is 44.1 Å². The molecule has 5 rings (SSSR count). The van der Waals surface area contributed by atoms with Gasteiger partial charge in [-0.3, -0.25) is 0 Å². The van der Waals surface area contributed by atoms with Gasteiger partial charge in [0.1, 0.15) is 0 Å². The molecule has 37 heavy (non-hydrogen) atoms. The lowest BCUT2D eigenvalue weighted by Crippen LogP contribution is -1.99. The normalized spacial score (nSPS) is 13.9. The van der Waals surface area contributed by atoms with E-state index in [1.807, 2.05) is 25.2 Å². The van der Waals surface area contributed by atoms with E-state index in [0.29, 0.717) is 5.92 Å². The van der Waals surface area contributed by atoms with E-state index in [2.05, 4.69) is 110 Å². The molecule has 0 N–H and O–H groups in total. The van der Waals surface area contributed by atoms with Crippen molar-refractivity contribution in [2.24, 2.45) is 5.92 Å². The van der Waals surface area contributed by atoms with E-state index in [1.54, 1.807) is 0 Å². The Labute approximate surface area is 221 Å². The monoisotopic (exact) mass is 481 g/mol. The zero-order valence-corrected chi connectivity index (χ0v) is 22.0. The van der Waals surface area contributed by atoms with Gasteiger partial charge in [-0.2, -0.15) is 0 Å². The van der Waals surface area contributed by atoms with E-state index in [0.717, 1.165) is 36.1 Å². The molecule has 1 aliphatic rings. The molecule has 1 nitrogen and oxygen atoms in total. The zero-order chi connectivity index (χ0) is 25.9. The first-order valence-electron chi connectivity index (χ1n) is 13.2. The van der Waals surface area contributed by atoms with Gasteiger partial charge in [-0.25, -0.2) is 0 Å². The Hall–Kier alpha value is -4.10. The predicted octanol–water partition coefficient (Wildman–Crippen LogP) is 10.1. The SMILES string of the molecule is C=CCCC(C)/C=C\C(=C/C(=C)C(=C)/C=C\C)n1c2ccccc2c2ccc3c(c21)-c1ccccc1C3. The second-order valence-corrected chi connectivity index (χ2v) is 10.0. The summed E-state index contributed by atoms with van der Waals surface area (Å²) in [4.78, 5) is 0. The highest BCUT2D eigenvalue weighted by molar-refractivity contribution is 6.16. The van der Waals surface area contributed by atoms with Gasteiger partial charge < -0.3 is 4.57 Å². The number of allylic oxidation sites excluding steroid dienone is 9. The first-order valence-corrected chi connectivity index (χ1v) is 13.2. The molecule has 1 heterocycles. The molecule has 0 saturated carbocycles. The smallest absolute Gasteiger partial charge is 0.0622 e. The highest BCUT2D eigenvalue weighted by Crippen LogP contribution is 2.45. The van der Waals surface area contributed by atoms with Crippen LogP contribution in [0.2, 0.25) is 0 Å². The lowest BCUT2D eigenvalue weighted by Gasteiger charge is -2.15. The molecule has 1 atom stereocenters. The van der Waals surface area contributed by atoms with Crippen molar-refractivity contribution >= 4 is 27.5 Å². The molecular weight excluding hydrogens is 446 g/mol. The fraction of sp³-hybridized carbons (Fsp3) is 0.167. The minimum atomic E-state index is 0.438. The van der Waals surface area contributed by atoms with Crippen LogP contribution in [0.3, 0.4) is 0 Å². The quantitative estimate of drug-likeness (QED) is 0.146. The maximum atomic E-state index is 4.38. The van der Waals surface area contributed by atoms with Gasteiger partial charge in [0.15, 0.2) is 0 Å². The summed E-state index contributed by atoms with van der Waals surface area (Å²) in [5, 5.41) is 2.55. The van der Waals surface area contributed by atoms with Gasteiger partial charge in [0.25, 0.3) is 0 Å². The summed E-state index contributed by atoms with van der Waals surface area (Å²) in [6.07, 6.45) is 15.9. The molecule has 0 radical (unpaired) electrons. The topological polar surface area (TPSA) is 4.93 Å². The summed E-state index contributed by atoms with van der Waals surface area (Å²) >= 11 is 0. The number of aromatic nitrogens is 1. The first kappa shape index (κ1) is 24.6. The molecule has 3 aromatic carbocycles. The van der Waals surface area contributed by atoms with Crippen LogP contribution in [0.1, 0.15) is 37.8 Å². The Balaban J connectivity index is 1.81. The van der Waals surface area contributed by atoms with Gasteiger partial charge in [-0.05, 0) is 78.2 Å². The number of para-hydroxylation sites is 1. The minimum Gasteiger partial charge on any atom is -0.309 e. The third-order valence-electron chi connectivity index (χ3n) is 7.37. The average molecular weight is 482 g/mol. The fourth-order valence-electron chi connectivity index (χ4n) is 5.45.